The quantitative estimate of drug-likeness (QED) is 0.628. The van der Waals surface area contributed by atoms with E-state index < -0.39 is 5.60 Å². The van der Waals surface area contributed by atoms with E-state index in [1.165, 1.54) is 5.57 Å². The Balaban J connectivity index is 2.90. The van der Waals surface area contributed by atoms with Crippen molar-refractivity contribution in [1.29, 1.82) is 5.26 Å². The third-order valence-corrected chi connectivity index (χ3v) is 2.44. The van der Waals surface area contributed by atoms with Crippen LogP contribution in [0.4, 0.5) is 0 Å². The molecule has 0 spiro atoms. The lowest BCUT2D eigenvalue weighted by Crippen LogP contribution is -2.36. The lowest BCUT2D eigenvalue weighted by molar-refractivity contribution is 0.0352. The molecule has 2 heteroatoms. The maximum Gasteiger partial charge on any atom is 0.0964 e. The van der Waals surface area contributed by atoms with Crippen molar-refractivity contribution < 1.29 is 5.11 Å². The second-order valence-corrected chi connectivity index (χ2v) is 4.95. The Bertz CT molecular complexity index is 272. The van der Waals surface area contributed by atoms with Crippen molar-refractivity contribution in [3.8, 4) is 6.07 Å². The Morgan fingerprint density at radius 2 is 2.23 bits per heavy atom. The first-order chi connectivity index (χ1) is 5.87. The summed E-state index contributed by atoms with van der Waals surface area (Å²) in [5, 5.41) is 18.7. The van der Waals surface area contributed by atoms with Crippen LogP contribution in [0.15, 0.2) is 11.6 Å². The van der Waals surface area contributed by atoms with Crippen LogP contribution in [0.3, 0.4) is 0 Å². The highest BCUT2D eigenvalue weighted by molar-refractivity contribution is 5.18. The van der Waals surface area contributed by atoms with E-state index in [2.05, 4.69) is 13.8 Å². The van der Waals surface area contributed by atoms with Crippen molar-refractivity contribution >= 4 is 0 Å². The minimum absolute atomic E-state index is 0.116. The molecule has 72 valence electrons. The third-order valence-electron chi connectivity index (χ3n) is 2.44. The molecule has 13 heavy (non-hydrogen) atoms. The fourth-order valence-corrected chi connectivity index (χ4v) is 2.46. The first kappa shape index (κ1) is 10.3. The van der Waals surface area contributed by atoms with Gasteiger partial charge in [0.25, 0.3) is 0 Å². The van der Waals surface area contributed by atoms with Gasteiger partial charge in [-0.3, -0.25) is 0 Å². The van der Waals surface area contributed by atoms with Crippen LogP contribution in [0.2, 0.25) is 0 Å². The number of nitriles is 1. The van der Waals surface area contributed by atoms with Crippen LogP contribution in [0.1, 0.15) is 40.0 Å². The summed E-state index contributed by atoms with van der Waals surface area (Å²) >= 11 is 0. The van der Waals surface area contributed by atoms with Gasteiger partial charge in [0.05, 0.1) is 18.1 Å². The molecule has 0 aliphatic heterocycles. The van der Waals surface area contributed by atoms with Gasteiger partial charge in [0, 0.05) is 0 Å². The van der Waals surface area contributed by atoms with Crippen LogP contribution in [0.5, 0.6) is 0 Å². The number of aliphatic hydroxyl groups is 1. The number of allylic oxidation sites excluding steroid dienone is 1. The average molecular weight is 179 g/mol. The molecular formula is C11H17NO. The van der Waals surface area contributed by atoms with Crippen LogP contribution < -0.4 is 0 Å². The van der Waals surface area contributed by atoms with Gasteiger partial charge in [-0.25, -0.2) is 0 Å². The fourth-order valence-electron chi connectivity index (χ4n) is 2.46. The number of hydrogen-bond donors (Lipinski definition) is 1. The van der Waals surface area contributed by atoms with E-state index in [4.69, 9.17) is 5.26 Å². The lowest BCUT2D eigenvalue weighted by Gasteiger charge is -2.38. The van der Waals surface area contributed by atoms with E-state index in [1.807, 2.05) is 19.1 Å². The molecule has 1 atom stereocenters. The Kier molecular flexibility index (Phi) is 2.49. The van der Waals surface area contributed by atoms with Crippen LogP contribution in [-0.4, -0.2) is 10.7 Å². The van der Waals surface area contributed by atoms with Crippen molar-refractivity contribution in [3.63, 3.8) is 0 Å². The molecule has 1 N–H and O–H groups in total. The topological polar surface area (TPSA) is 44.0 Å². The van der Waals surface area contributed by atoms with Crippen molar-refractivity contribution in [2.24, 2.45) is 5.41 Å². The average Bonchev–Trinajstić information content (AvgIpc) is 1.78. The molecule has 0 aromatic rings. The van der Waals surface area contributed by atoms with Crippen molar-refractivity contribution in [2.75, 3.05) is 0 Å². The number of hydrogen-bond acceptors (Lipinski definition) is 2. The Labute approximate surface area is 79.9 Å². The van der Waals surface area contributed by atoms with E-state index >= 15 is 0 Å². The second-order valence-electron chi connectivity index (χ2n) is 4.95. The SMILES string of the molecule is CC1=CC(O)(CC#N)CC(C)(C)C1. The standard InChI is InChI=1S/C11H17NO/c1-9-6-10(2,3)8-11(13,7-9)4-5-12/h7,13H,4,6,8H2,1-3H3. The monoisotopic (exact) mass is 179 g/mol. The number of nitrogens with zero attached hydrogens (tertiary/aromatic N) is 1. The van der Waals surface area contributed by atoms with Gasteiger partial charge in [0.2, 0.25) is 0 Å². The Hall–Kier alpha value is -0.810. The molecule has 0 fully saturated rings. The molecule has 0 bridgehead atoms. The molecule has 0 amide bonds. The summed E-state index contributed by atoms with van der Waals surface area (Å²) in [5.74, 6) is 0. The van der Waals surface area contributed by atoms with Crippen LogP contribution in [0, 0.1) is 16.7 Å². The van der Waals surface area contributed by atoms with Gasteiger partial charge < -0.3 is 5.11 Å². The van der Waals surface area contributed by atoms with Gasteiger partial charge in [0.15, 0.2) is 0 Å². The highest BCUT2D eigenvalue weighted by Gasteiger charge is 2.36. The van der Waals surface area contributed by atoms with Crippen molar-refractivity contribution in [1.82, 2.24) is 0 Å². The Morgan fingerprint density at radius 1 is 1.62 bits per heavy atom. The summed E-state index contributed by atoms with van der Waals surface area (Å²) in [6.07, 6.45) is 3.75. The van der Waals surface area contributed by atoms with E-state index in [-0.39, 0.29) is 11.8 Å². The first-order valence-electron chi connectivity index (χ1n) is 4.65. The second kappa shape index (κ2) is 3.16. The molecule has 1 aliphatic rings. The molecular weight excluding hydrogens is 162 g/mol. The van der Waals surface area contributed by atoms with E-state index in [1.54, 1.807) is 0 Å². The zero-order valence-electron chi connectivity index (χ0n) is 8.59. The molecule has 1 unspecified atom stereocenters. The van der Waals surface area contributed by atoms with Gasteiger partial charge in [-0.1, -0.05) is 25.5 Å². The summed E-state index contributed by atoms with van der Waals surface area (Å²) in [6.45, 7) is 6.28. The van der Waals surface area contributed by atoms with Crippen LogP contribution in [0.25, 0.3) is 0 Å². The van der Waals surface area contributed by atoms with Gasteiger partial charge >= 0.3 is 0 Å². The number of rotatable bonds is 1. The summed E-state index contributed by atoms with van der Waals surface area (Å²) in [5.41, 5.74) is 0.416. The van der Waals surface area contributed by atoms with Crippen LogP contribution >= 0.6 is 0 Å². The molecule has 1 rings (SSSR count). The minimum atomic E-state index is -0.888. The maximum atomic E-state index is 10.1. The molecule has 0 saturated heterocycles. The van der Waals surface area contributed by atoms with Gasteiger partial charge in [0.1, 0.15) is 0 Å². The zero-order valence-corrected chi connectivity index (χ0v) is 8.59. The van der Waals surface area contributed by atoms with Crippen LogP contribution in [-0.2, 0) is 0 Å². The molecule has 2 nitrogen and oxygen atoms in total. The lowest BCUT2D eigenvalue weighted by atomic mass is 9.70. The van der Waals surface area contributed by atoms with E-state index in [0.717, 1.165) is 6.42 Å². The largest absolute Gasteiger partial charge is 0.385 e. The molecule has 0 aromatic heterocycles. The maximum absolute atomic E-state index is 10.1. The molecule has 0 saturated carbocycles. The van der Waals surface area contributed by atoms with E-state index in [9.17, 15) is 5.11 Å². The molecule has 0 radical (unpaired) electrons. The summed E-state index contributed by atoms with van der Waals surface area (Å²) in [4.78, 5) is 0. The van der Waals surface area contributed by atoms with Gasteiger partial charge in [-0.2, -0.15) is 5.26 Å². The summed E-state index contributed by atoms with van der Waals surface area (Å²) < 4.78 is 0. The predicted octanol–water partition coefficient (Wildman–Crippen LogP) is 2.40. The third kappa shape index (κ3) is 2.57. The summed E-state index contributed by atoms with van der Waals surface area (Å²) in [7, 11) is 0. The smallest absolute Gasteiger partial charge is 0.0964 e. The van der Waals surface area contributed by atoms with Gasteiger partial charge in [-0.15, -0.1) is 0 Å². The highest BCUT2D eigenvalue weighted by atomic mass is 16.3. The predicted molar refractivity (Wildman–Crippen MR) is 52.0 cm³/mol. The van der Waals surface area contributed by atoms with E-state index in [0.29, 0.717) is 6.42 Å². The van der Waals surface area contributed by atoms with Gasteiger partial charge in [-0.05, 0) is 25.2 Å². The Morgan fingerprint density at radius 3 is 2.69 bits per heavy atom. The normalized spacial score (nSPS) is 32.1. The minimum Gasteiger partial charge on any atom is -0.385 e. The zero-order chi connectivity index (χ0) is 10.1. The summed E-state index contributed by atoms with van der Waals surface area (Å²) in [6, 6.07) is 2.04. The molecule has 1 aliphatic carbocycles. The molecule has 0 heterocycles. The molecule has 0 aromatic carbocycles. The van der Waals surface area contributed by atoms with Crippen molar-refractivity contribution in [2.45, 2.75) is 45.6 Å². The highest BCUT2D eigenvalue weighted by Crippen LogP contribution is 2.41. The first-order valence-corrected chi connectivity index (χ1v) is 4.65. The van der Waals surface area contributed by atoms with Crippen molar-refractivity contribution in [3.05, 3.63) is 11.6 Å². The fraction of sp³-hybridized carbons (Fsp3) is 0.727.